The minimum Gasteiger partial charge on any atom is -0.354 e. The second-order valence-corrected chi connectivity index (χ2v) is 6.10. The van der Waals surface area contributed by atoms with Crippen molar-refractivity contribution in [3.63, 3.8) is 0 Å². The summed E-state index contributed by atoms with van der Waals surface area (Å²) in [5.41, 5.74) is 1.15. The molecule has 0 bridgehead atoms. The van der Waals surface area contributed by atoms with Gasteiger partial charge < -0.3 is 16.0 Å². The summed E-state index contributed by atoms with van der Waals surface area (Å²) in [5, 5.41) is 9.03. The molecule has 5 nitrogen and oxygen atoms in total. The predicted octanol–water partition coefficient (Wildman–Crippen LogP) is 2.10. The van der Waals surface area contributed by atoms with E-state index < -0.39 is 6.04 Å². The molecule has 0 saturated carbocycles. The van der Waals surface area contributed by atoms with Crippen LogP contribution in [-0.4, -0.2) is 31.1 Å². The highest BCUT2D eigenvalue weighted by molar-refractivity contribution is 6.30. The molecule has 0 unspecified atom stereocenters. The highest BCUT2D eigenvalue weighted by Gasteiger charge is 2.29. The standard InChI is InChI=1S/C16H22ClN3O2/c1-11-7-9-18-15(21)14(11)20-16(22)19-8-3-5-12-4-2-6-13(17)10-12/h2,4,6,10-11,14H,3,5,7-9H2,1H3,(H,18,21)(H2,19,20,22)/t11-,14-/m1/s1. The van der Waals surface area contributed by atoms with Crippen LogP contribution in [-0.2, 0) is 11.2 Å². The average molecular weight is 324 g/mol. The van der Waals surface area contributed by atoms with Crippen LogP contribution in [0.25, 0.3) is 0 Å². The topological polar surface area (TPSA) is 70.2 Å². The molecule has 1 aliphatic heterocycles. The van der Waals surface area contributed by atoms with E-state index in [1.165, 1.54) is 0 Å². The van der Waals surface area contributed by atoms with Crippen molar-refractivity contribution < 1.29 is 9.59 Å². The summed E-state index contributed by atoms with van der Waals surface area (Å²) in [4.78, 5) is 23.6. The summed E-state index contributed by atoms with van der Waals surface area (Å²) in [5.74, 6) is 0.0544. The SMILES string of the molecule is C[C@@H]1CCNC(=O)[C@@H]1NC(=O)NCCCc1cccc(Cl)c1. The van der Waals surface area contributed by atoms with E-state index in [2.05, 4.69) is 16.0 Å². The summed E-state index contributed by atoms with van der Waals surface area (Å²) < 4.78 is 0. The number of amides is 3. The molecule has 120 valence electrons. The third kappa shape index (κ3) is 4.91. The Labute approximate surface area is 135 Å². The van der Waals surface area contributed by atoms with E-state index in [1.54, 1.807) is 0 Å². The molecule has 1 aliphatic rings. The number of aryl methyl sites for hydroxylation is 1. The zero-order valence-corrected chi connectivity index (χ0v) is 13.5. The largest absolute Gasteiger partial charge is 0.354 e. The first-order chi connectivity index (χ1) is 10.6. The normalized spacial score (nSPS) is 21.1. The molecule has 2 atom stereocenters. The van der Waals surface area contributed by atoms with Gasteiger partial charge in [-0.1, -0.05) is 30.7 Å². The van der Waals surface area contributed by atoms with Crippen molar-refractivity contribution >= 4 is 23.5 Å². The minimum absolute atomic E-state index is 0.104. The number of hydrogen-bond acceptors (Lipinski definition) is 2. The Bertz CT molecular complexity index is 536. The van der Waals surface area contributed by atoms with E-state index in [0.717, 1.165) is 29.8 Å². The molecule has 1 aromatic carbocycles. The van der Waals surface area contributed by atoms with Gasteiger partial charge in [-0.25, -0.2) is 4.79 Å². The molecule has 1 aromatic rings. The van der Waals surface area contributed by atoms with Gasteiger partial charge in [0.25, 0.3) is 0 Å². The van der Waals surface area contributed by atoms with E-state index in [4.69, 9.17) is 11.6 Å². The maximum absolute atomic E-state index is 11.8. The van der Waals surface area contributed by atoms with Crippen molar-refractivity contribution in [2.45, 2.75) is 32.2 Å². The smallest absolute Gasteiger partial charge is 0.315 e. The molecule has 1 heterocycles. The van der Waals surface area contributed by atoms with Crippen molar-refractivity contribution in [2.24, 2.45) is 5.92 Å². The van der Waals surface area contributed by atoms with Crippen LogP contribution in [0.5, 0.6) is 0 Å². The number of halogens is 1. The fourth-order valence-electron chi connectivity index (χ4n) is 2.55. The van der Waals surface area contributed by atoms with E-state index in [1.807, 2.05) is 31.2 Å². The molecule has 3 N–H and O–H groups in total. The zero-order valence-electron chi connectivity index (χ0n) is 12.7. The van der Waals surface area contributed by atoms with E-state index in [9.17, 15) is 9.59 Å². The number of hydrogen-bond donors (Lipinski definition) is 3. The molecule has 6 heteroatoms. The molecule has 1 fully saturated rings. The molecular formula is C16H22ClN3O2. The quantitative estimate of drug-likeness (QED) is 0.726. The van der Waals surface area contributed by atoms with Crippen LogP contribution in [0.3, 0.4) is 0 Å². The van der Waals surface area contributed by atoms with Crippen LogP contribution in [0.2, 0.25) is 5.02 Å². The van der Waals surface area contributed by atoms with Gasteiger partial charge >= 0.3 is 6.03 Å². The van der Waals surface area contributed by atoms with Crippen LogP contribution >= 0.6 is 11.6 Å². The van der Waals surface area contributed by atoms with Crippen LogP contribution in [0.1, 0.15) is 25.3 Å². The second-order valence-electron chi connectivity index (χ2n) is 5.67. The number of carbonyl (C=O) groups is 2. The number of rotatable bonds is 5. The van der Waals surface area contributed by atoms with E-state index >= 15 is 0 Å². The fourth-order valence-corrected chi connectivity index (χ4v) is 2.76. The molecule has 0 spiro atoms. The second kappa shape index (κ2) is 8.03. The van der Waals surface area contributed by atoms with Gasteiger partial charge in [0.1, 0.15) is 6.04 Å². The first-order valence-corrected chi connectivity index (χ1v) is 8.00. The number of benzene rings is 1. The van der Waals surface area contributed by atoms with Crippen LogP contribution in [0.4, 0.5) is 4.79 Å². The Morgan fingerprint density at radius 2 is 2.27 bits per heavy atom. The van der Waals surface area contributed by atoms with Crippen molar-refractivity contribution in [2.75, 3.05) is 13.1 Å². The Kier molecular flexibility index (Phi) is 6.07. The average Bonchev–Trinajstić information content (AvgIpc) is 2.48. The highest BCUT2D eigenvalue weighted by Crippen LogP contribution is 2.13. The van der Waals surface area contributed by atoms with Gasteiger partial charge in [0, 0.05) is 18.1 Å². The Morgan fingerprint density at radius 1 is 1.45 bits per heavy atom. The number of urea groups is 1. The van der Waals surface area contributed by atoms with Gasteiger partial charge in [-0.2, -0.15) is 0 Å². The maximum atomic E-state index is 11.8. The van der Waals surface area contributed by atoms with Crippen molar-refractivity contribution in [1.82, 2.24) is 16.0 Å². The number of carbonyl (C=O) groups excluding carboxylic acids is 2. The first kappa shape index (κ1) is 16.6. The Morgan fingerprint density at radius 3 is 3.00 bits per heavy atom. The summed E-state index contributed by atoms with van der Waals surface area (Å²) in [6.45, 7) is 3.21. The third-order valence-electron chi connectivity index (χ3n) is 3.85. The first-order valence-electron chi connectivity index (χ1n) is 7.63. The molecule has 0 aliphatic carbocycles. The fraction of sp³-hybridized carbons (Fsp3) is 0.500. The summed E-state index contributed by atoms with van der Waals surface area (Å²) in [7, 11) is 0. The van der Waals surface area contributed by atoms with Gasteiger partial charge in [-0.15, -0.1) is 0 Å². The Hall–Kier alpha value is -1.75. The lowest BCUT2D eigenvalue weighted by molar-refractivity contribution is -0.125. The zero-order chi connectivity index (χ0) is 15.9. The lowest BCUT2D eigenvalue weighted by atomic mass is 9.94. The summed E-state index contributed by atoms with van der Waals surface area (Å²) >= 11 is 5.93. The highest BCUT2D eigenvalue weighted by atomic mass is 35.5. The summed E-state index contributed by atoms with van der Waals surface area (Å²) in [6, 6.07) is 6.96. The maximum Gasteiger partial charge on any atom is 0.315 e. The molecule has 1 saturated heterocycles. The lowest BCUT2D eigenvalue weighted by Gasteiger charge is -2.28. The molecule has 0 radical (unpaired) electrons. The van der Waals surface area contributed by atoms with Crippen molar-refractivity contribution in [1.29, 1.82) is 0 Å². The van der Waals surface area contributed by atoms with Crippen molar-refractivity contribution in [3.8, 4) is 0 Å². The molecule has 3 amide bonds. The van der Waals surface area contributed by atoms with E-state index in [0.29, 0.717) is 13.1 Å². The predicted molar refractivity (Wildman–Crippen MR) is 86.9 cm³/mol. The van der Waals surface area contributed by atoms with E-state index in [-0.39, 0.29) is 17.9 Å². The van der Waals surface area contributed by atoms with Crippen LogP contribution in [0, 0.1) is 5.92 Å². The minimum atomic E-state index is -0.443. The molecule has 22 heavy (non-hydrogen) atoms. The monoisotopic (exact) mass is 323 g/mol. The molecular weight excluding hydrogens is 302 g/mol. The Balaban J connectivity index is 1.68. The molecule has 2 rings (SSSR count). The number of nitrogens with one attached hydrogen (secondary N) is 3. The van der Waals surface area contributed by atoms with Gasteiger partial charge in [0.05, 0.1) is 0 Å². The van der Waals surface area contributed by atoms with Crippen molar-refractivity contribution in [3.05, 3.63) is 34.9 Å². The van der Waals surface area contributed by atoms with Gasteiger partial charge in [-0.3, -0.25) is 4.79 Å². The van der Waals surface area contributed by atoms with Gasteiger partial charge in [0.2, 0.25) is 5.91 Å². The summed E-state index contributed by atoms with van der Waals surface area (Å²) in [6.07, 6.45) is 2.55. The number of piperidine rings is 1. The lowest BCUT2D eigenvalue weighted by Crippen LogP contribution is -2.56. The van der Waals surface area contributed by atoms with Crippen LogP contribution < -0.4 is 16.0 Å². The van der Waals surface area contributed by atoms with Gasteiger partial charge in [-0.05, 0) is 42.9 Å². The third-order valence-corrected chi connectivity index (χ3v) is 4.09. The molecule has 0 aromatic heterocycles. The van der Waals surface area contributed by atoms with Gasteiger partial charge in [0.15, 0.2) is 0 Å². The van der Waals surface area contributed by atoms with Crippen LogP contribution in [0.15, 0.2) is 24.3 Å².